The molecule has 1 fully saturated rings. The summed E-state index contributed by atoms with van der Waals surface area (Å²) in [6, 6.07) is 4.26. The maximum atomic E-state index is 13.9. The summed E-state index contributed by atoms with van der Waals surface area (Å²) in [4.78, 5) is 36.5. The zero-order chi connectivity index (χ0) is 21.7. The Morgan fingerprint density at radius 3 is 2.84 bits per heavy atom. The van der Waals surface area contributed by atoms with E-state index in [9.17, 15) is 14.0 Å². The Balaban J connectivity index is 1.51. The summed E-state index contributed by atoms with van der Waals surface area (Å²) in [6.07, 6.45) is 3.04. The van der Waals surface area contributed by atoms with Gasteiger partial charge in [-0.05, 0) is 48.9 Å². The van der Waals surface area contributed by atoms with Crippen molar-refractivity contribution in [3.63, 3.8) is 0 Å². The highest BCUT2D eigenvalue weighted by Gasteiger charge is 2.25. The van der Waals surface area contributed by atoms with Crippen LogP contribution in [0.5, 0.6) is 0 Å². The number of aromatic nitrogens is 4. The third kappa shape index (κ3) is 3.75. The second-order valence-electron chi connectivity index (χ2n) is 8.36. The molecule has 0 unspecified atom stereocenters. The average Bonchev–Trinajstić information content (AvgIpc) is 3.36. The minimum absolute atomic E-state index is 0.0363. The maximum Gasteiger partial charge on any atom is 0.312 e. The molecule has 3 aromatic rings. The summed E-state index contributed by atoms with van der Waals surface area (Å²) in [5.74, 6) is 0.663. The van der Waals surface area contributed by atoms with Crippen molar-refractivity contribution in [2.24, 2.45) is 0 Å². The standard InChI is InChI=1S/C22H23FN6O2/c1-11-8-12-2-5-16(30)15(12)9-13(11)10-17-26-19-20(24)27-22(23)28-21(19)29(17)7-6-18(31)25-14-3-4-14/h8-9,14H,2-7,10H2,1H3,(H,25,31)(H2,24,27,28). The number of fused-ring (bicyclic) bond motifs is 2. The summed E-state index contributed by atoms with van der Waals surface area (Å²) in [5.41, 5.74) is 10.3. The van der Waals surface area contributed by atoms with Crippen LogP contribution < -0.4 is 11.1 Å². The van der Waals surface area contributed by atoms with E-state index in [1.165, 1.54) is 0 Å². The average molecular weight is 422 g/mol. The number of hydrogen-bond donors (Lipinski definition) is 2. The number of hydrogen-bond acceptors (Lipinski definition) is 6. The van der Waals surface area contributed by atoms with Crippen LogP contribution in [0.1, 0.15) is 58.6 Å². The number of Topliss-reactive ketones (excluding diaryl/α,β-unsaturated/α-hetero) is 1. The largest absolute Gasteiger partial charge is 0.382 e. The molecule has 9 heteroatoms. The molecule has 1 saturated carbocycles. The van der Waals surface area contributed by atoms with Crippen molar-refractivity contribution in [2.45, 2.75) is 58.0 Å². The van der Waals surface area contributed by atoms with Gasteiger partial charge in [0.2, 0.25) is 5.91 Å². The van der Waals surface area contributed by atoms with Gasteiger partial charge >= 0.3 is 6.08 Å². The lowest BCUT2D eigenvalue weighted by atomic mass is 9.98. The molecule has 8 nitrogen and oxygen atoms in total. The predicted molar refractivity (Wildman–Crippen MR) is 112 cm³/mol. The lowest BCUT2D eigenvalue weighted by Gasteiger charge is -2.12. The molecule has 1 amide bonds. The molecule has 0 bridgehead atoms. The van der Waals surface area contributed by atoms with Gasteiger partial charge in [0.15, 0.2) is 22.8 Å². The predicted octanol–water partition coefficient (Wildman–Crippen LogP) is 2.24. The Hall–Kier alpha value is -3.36. The first-order chi connectivity index (χ1) is 14.9. The van der Waals surface area contributed by atoms with Gasteiger partial charge in [-0.25, -0.2) is 4.98 Å². The van der Waals surface area contributed by atoms with E-state index in [-0.39, 0.29) is 35.6 Å². The molecule has 0 spiro atoms. The Kier molecular flexibility index (Phi) is 4.68. The number of nitrogens with two attached hydrogens (primary N) is 1. The second-order valence-corrected chi connectivity index (χ2v) is 8.36. The molecule has 2 aliphatic rings. The van der Waals surface area contributed by atoms with Crippen molar-refractivity contribution in [2.75, 3.05) is 5.73 Å². The van der Waals surface area contributed by atoms with Crippen LogP contribution in [0.4, 0.5) is 10.2 Å². The third-order valence-corrected chi connectivity index (χ3v) is 6.01. The van der Waals surface area contributed by atoms with Crippen LogP contribution in [0.3, 0.4) is 0 Å². The maximum absolute atomic E-state index is 13.9. The van der Waals surface area contributed by atoms with Crippen molar-refractivity contribution in [3.05, 3.63) is 46.3 Å². The first-order valence-corrected chi connectivity index (χ1v) is 10.5. The number of nitrogens with zero attached hydrogens (tertiary/aromatic N) is 4. The SMILES string of the molecule is Cc1cc2c(cc1Cc1nc3c(N)nc(F)nc3n1CCC(=O)NC1CC1)C(=O)CC2. The Morgan fingerprint density at radius 2 is 2.06 bits per heavy atom. The number of carbonyl (C=O) groups excluding carboxylic acids is 2. The van der Waals surface area contributed by atoms with Crippen molar-refractivity contribution in [1.82, 2.24) is 24.8 Å². The highest BCUT2D eigenvalue weighted by molar-refractivity contribution is 6.00. The van der Waals surface area contributed by atoms with Crippen molar-refractivity contribution in [1.29, 1.82) is 0 Å². The summed E-state index contributed by atoms with van der Waals surface area (Å²) in [7, 11) is 0. The van der Waals surface area contributed by atoms with Crippen molar-refractivity contribution < 1.29 is 14.0 Å². The van der Waals surface area contributed by atoms with Crippen LogP contribution in [0.15, 0.2) is 12.1 Å². The van der Waals surface area contributed by atoms with Crippen LogP contribution in [-0.2, 0) is 24.2 Å². The fourth-order valence-corrected chi connectivity index (χ4v) is 4.17. The fourth-order valence-electron chi connectivity index (χ4n) is 4.17. The number of halogens is 1. The Labute approximate surface area is 178 Å². The normalized spacial score (nSPS) is 15.5. The van der Waals surface area contributed by atoms with Crippen LogP contribution in [0.2, 0.25) is 0 Å². The van der Waals surface area contributed by atoms with Gasteiger partial charge in [-0.2, -0.15) is 14.4 Å². The molecule has 31 heavy (non-hydrogen) atoms. The smallest absolute Gasteiger partial charge is 0.312 e. The monoisotopic (exact) mass is 422 g/mol. The van der Waals surface area contributed by atoms with Gasteiger partial charge in [0.05, 0.1) is 0 Å². The molecule has 160 valence electrons. The lowest BCUT2D eigenvalue weighted by molar-refractivity contribution is -0.121. The number of amides is 1. The number of nitrogen functional groups attached to an aromatic ring is 1. The lowest BCUT2D eigenvalue weighted by Crippen LogP contribution is -2.26. The molecular weight excluding hydrogens is 399 g/mol. The van der Waals surface area contributed by atoms with E-state index in [0.29, 0.717) is 30.7 Å². The number of anilines is 1. The Morgan fingerprint density at radius 1 is 1.26 bits per heavy atom. The number of imidazole rings is 1. The first kappa shape index (κ1) is 19.6. The van der Waals surface area contributed by atoms with Gasteiger partial charge in [0, 0.05) is 37.4 Å². The zero-order valence-corrected chi connectivity index (χ0v) is 17.2. The van der Waals surface area contributed by atoms with Crippen molar-refractivity contribution >= 4 is 28.7 Å². The topological polar surface area (TPSA) is 116 Å². The molecule has 0 aliphatic heterocycles. The van der Waals surface area contributed by atoms with E-state index in [1.54, 1.807) is 4.57 Å². The molecule has 2 aliphatic carbocycles. The molecule has 3 N–H and O–H groups in total. The van der Waals surface area contributed by atoms with Gasteiger partial charge in [-0.3, -0.25) is 9.59 Å². The number of benzene rings is 1. The van der Waals surface area contributed by atoms with Crippen LogP contribution >= 0.6 is 0 Å². The van der Waals surface area contributed by atoms with E-state index in [4.69, 9.17) is 5.73 Å². The molecule has 0 radical (unpaired) electrons. The van der Waals surface area contributed by atoms with Gasteiger partial charge < -0.3 is 15.6 Å². The Bertz CT molecular complexity index is 1230. The molecule has 5 rings (SSSR count). The first-order valence-electron chi connectivity index (χ1n) is 10.5. The molecular formula is C22H23FN6O2. The number of ketones is 1. The molecule has 0 saturated heterocycles. The minimum atomic E-state index is -0.931. The fraction of sp³-hybridized carbons (Fsp3) is 0.409. The number of aryl methyl sites for hydroxylation is 3. The van der Waals surface area contributed by atoms with Crippen LogP contribution in [0, 0.1) is 13.0 Å². The van der Waals surface area contributed by atoms with Gasteiger partial charge in [-0.15, -0.1) is 0 Å². The molecule has 1 aromatic carbocycles. The van der Waals surface area contributed by atoms with E-state index >= 15 is 0 Å². The molecule has 2 heterocycles. The quantitative estimate of drug-likeness (QED) is 0.589. The summed E-state index contributed by atoms with van der Waals surface area (Å²) < 4.78 is 15.6. The van der Waals surface area contributed by atoms with E-state index in [2.05, 4.69) is 26.3 Å². The van der Waals surface area contributed by atoms with Gasteiger partial charge in [-0.1, -0.05) is 6.07 Å². The van der Waals surface area contributed by atoms with E-state index in [1.807, 2.05) is 13.0 Å². The van der Waals surface area contributed by atoms with Crippen molar-refractivity contribution in [3.8, 4) is 0 Å². The third-order valence-electron chi connectivity index (χ3n) is 6.01. The van der Waals surface area contributed by atoms with E-state index < -0.39 is 6.08 Å². The zero-order valence-electron chi connectivity index (χ0n) is 17.2. The summed E-state index contributed by atoms with van der Waals surface area (Å²) >= 11 is 0. The number of nitrogens with one attached hydrogen (secondary N) is 1. The highest BCUT2D eigenvalue weighted by atomic mass is 19.1. The second kappa shape index (κ2) is 7.40. The summed E-state index contributed by atoms with van der Waals surface area (Å²) in [6.45, 7) is 2.30. The van der Waals surface area contributed by atoms with E-state index in [0.717, 1.165) is 41.5 Å². The van der Waals surface area contributed by atoms with Gasteiger partial charge in [0.1, 0.15) is 5.82 Å². The van der Waals surface area contributed by atoms with Crippen LogP contribution in [-0.4, -0.2) is 37.3 Å². The molecule has 2 aromatic heterocycles. The van der Waals surface area contributed by atoms with Crippen LogP contribution in [0.25, 0.3) is 11.2 Å². The highest BCUT2D eigenvalue weighted by Crippen LogP contribution is 2.28. The minimum Gasteiger partial charge on any atom is -0.382 e. The summed E-state index contributed by atoms with van der Waals surface area (Å²) in [5, 5.41) is 2.96. The molecule has 0 atom stereocenters. The van der Waals surface area contributed by atoms with Gasteiger partial charge in [0.25, 0.3) is 0 Å². The number of carbonyl (C=O) groups is 2. The number of rotatable bonds is 6.